The molecule has 0 aliphatic heterocycles. The quantitative estimate of drug-likeness (QED) is 0.514. The highest BCUT2D eigenvalue weighted by Gasteiger charge is 2.08. The molecule has 0 atom stereocenters. The van der Waals surface area contributed by atoms with Crippen LogP contribution in [0.3, 0.4) is 0 Å². The lowest BCUT2D eigenvalue weighted by molar-refractivity contribution is -0.117. The van der Waals surface area contributed by atoms with Crippen molar-refractivity contribution >= 4 is 21.8 Å². The van der Waals surface area contributed by atoms with E-state index in [2.05, 4.69) is 26.6 Å². The molecule has 26 heavy (non-hydrogen) atoms. The second kappa shape index (κ2) is 10.3. The molecule has 0 unspecified atom stereocenters. The number of carbonyl (C=O) groups is 1. The minimum absolute atomic E-state index is 0.0526. The highest BCUT2D eigenvalue weighted by Crippen LogP contribution is 2.11. The van der Waals surface area contributed by atoms with Crippen LogP contribution in [0.2, 0.25) is 0 Å². The maximum Gasteiger partial charge on any atom is 0.263 e. The average Bonchev–Trinajstić information content (AvgIpc) is 2.67. The summed E-state index contributed by atoms with van der Waals surface area (Å²) in [6, 6.07) is 17.4. The van der Waals surface area contributed by atoms with Gasteiger partial charge in [-0.3, -0.25) is 4.79 Å². The minimum atomic E-state index is -0.385. The zero-order chi connectivity index (χ0) is 18.8. The molecule has 2 aromatic rings. The summed E-state index contributed by atoms with van der Waals surface area (Å²) in [4.78, 5) is 12.1. The Morgan fingerprint density at radius 2 is 1.81 bits per heavy atom. The first-order valence-corrected chi connectivity index (χ1v) is 8.91. The third-order valence-electron chi connectivity index (χ3n) is 3.69. The molecule has 0 spiro atoms. The van der Waals surface area contributed by atoms with Crippen molar-refractivity contribution in [3.63, 3.8) is 0 Å². The number of hydrogen-bond acceptors (Lipinski definition) is 4. The monoisotopic (exact) mass is 413 g/mol. The van der Waals surface area contributed by atoms with Crippen LogP contribution in [-0.4, -0.2) is 19.6 Å². The predicted octanol–water partition coefficient (Wildman–Crippen LogP) is 3.31. The van der Waals surface area contributed by atoms with Crippen LogP contribution in [0.5, 0.6) is 5.75 Å². The van der Waals surface area contributed by atoms with E-state index in [1.807, 2.05) is 54.6 Å². The molecule has 0 heterocycles. The fourth-order valence-corrected chi connectivity index (χ4v) is 2.49. The highest BCUT2D eigenvalue weighted by molar-refractivity contribution is 9.10. The summed E-state index contributed by atoms with van der Waals surface area (Å²) in [6.07, 6.45) is 2.13. The first-order valence-electron chi connectivity index (χ1n) is 8.11. The van der Waals surface area contributed by atoms with Gasteiger partial charge in [-0.1, -0.05) is 40.2 Å². The van der Waals surface area contributed by atoms with Crippen molar-refractivity contribution in [2.45, 2.75) is 13.0 Å². The Kier molecular flexibility index (Phi) is 7.72. The zero-order valence-electron chi connectivity index (χ0n) is 14.5. The first kappa shape index (κ1) is 19.5. The van der Waals surface area contributed by atoms with Crippen molar-refractivity contribution in [3.05, 3.63) is 75.9 Å². The number of nitrogens with zero attached hydrogens (tertiary/aromatic N) is 1. The largest absolute Gasteiger partial charge is 0.497 e. The third kappa shape index (κ3) is 6.26. The molecule has 0 radical (unpaired) electrons. The van der Waals surface area contributed by atoms with Gasteiger partial charge in [0, 0.05) is 23.8 Å². The lowest BCUT2D eigenvalue weighted by Gasteiger charge is -2.06. The molecule has 1 amide bonds. The van der Waals surface area contributed by atoms with E-state index in [9.17, 15) is 4.79 Å². The number of rotatable bonds is 8. The van der Waals surface area contributed by atoms with E-state index in [0.29, 0.717) is 19.5 Å². The van der Waals surface area contributed by atoms with Crippen molar-refractivity contribution in [1.29, 1.82) is 5.26 Å². The van der Waals surface area contributed by atoms with Crippen LogP contribution in [0.25, 0.3) is 0 Å². The second-order valence-electron chi connectivity index (χ2n) is 5.53. The topological polar surface area (TPSA) is 74.1 Å². The number of halogens is 1. The Bertz CT molecular complexity index is 793. The lowest BCUT2D eigenvalue weighted by Crippen LogP contribution is -2.27. The predicted molar refractivity (Wildman–Crippen MR) is 104 cm³/mol. The lowest BCUT2D eigenvalue weighted by atomic mass is 10.1. The van der Waals surface area contributed by atoms with Crippen molar-refractivity contribution < 1.29 is 9.53 Å². The number of hydrogen-bond donors (Lipinski definition) is 2. The van der Waals surface area contributed by atoms with Crippen molar-refractivity contribution in [1.82, 2.24) is 10.6 Å². The van der Waals surface area contributed by atoms with Gasteiger partial charge in [-0.05, 0) is 41.8 Å². The van der Waals surface area contributed by atoms with Gasteiger partial charge in [-0.2, -0.15) is 5.26 Å². The number of nitriles is 1. The van der Waals surface area contributed by atoms with E-state index in [4.69, 9.17) is 10.00 Å². The molecule has 0 fully saturated rings. The number of nitrogens with one attached hydrogen (secondary N) is 2. The second-order valence-corrected chi connectivity index (χ2v) is 6.45. The van der Waals surface area contributed by atoms with E-state index in [1.54, 1.807) is 7.11 Å². The number of ether oxygens (including phenoxy) is 1. The zero-order valence-corrected chi connectivity index (χ0v) is 16.0. The van der Waals surface area contributed by atoms with Gasteiger partial charge in [-0.15, -0.1) is 0 Å². The molecule has 134 valence electrons. The Balaban J connectivity index is 1.79. The van der Waals surface area contributed by atoms with Gasteiger partial charge < -0.3 is 15.4 Å². The number of methoxy groups -OCH3 is 1. The van der Waals surface area contributed by atoms with Crippen LogP contribution in [0.15, 0.2) is 64.8 Å². The molecular weight excluding hydrogens is 394 g/mol. The first-order chi connectivity index (χ1) is 12.6. The molecule has 0 aliphatic carbocycles. The molecule has 2 rings (SSSR count). The van der Waals surface area contributed by atoms with Gasteiger partial charge in [0.1, 0.15) is 17.4 Å². The number of benzene rings is 2. The van der Waals surface area contributed by atoms with Crippen LogP contribution in [0, 0.1) is 11.3 Å². The maximum atomic E-state index is 12.1. The minimum Gasteiger partial charge on any atom is -0.497 e. The standard InChI is InChI=1S/C20H20BrN3O2/c1-26-19-8-4-15(5-9-19)10-11-24-20(25)17(12-22)14-23-13-16-2-6-18(21)7-3-16/h2-9,14,23H,10-11,13H2,1H3,(H,24,25)/b17-14-. The summed E-state index contributed by atoms with van der Waals surface area (Å²) >= 11 is 3.38. The van der Waals surface area contributed by atoms with Gasteiger partial charge in [-0.25, -0.2) is 0 Å². The Morgan fingerprint density at radius 1 is 1.15 bits per heavy atom. The Labute approximate surface area is 161 Å². The van der Waals surface area contributed by atoms with E-state index in [-0.39, 0.29) is 11.5 Å². The van der Waals surface area contributed by atoms with Crippen LogP contribution in [-0.2, 0) is 17.8 Å². The van der Waals surface area contributed by atoms with E-state index in [0.717, 1.165) is 21.3 Å². The highest BCUT2D eigenvalue weighted by atomic mass is 79.9. The van der Waals surface area contributed by atoms with Crippen LogP contribution < -0.4 is 15.4 Å². The number of amides is 1. The molecule has 0 bridgehead atoms. The van der Waals surface area contributed by atoms with Gasteiger partial charge >= 0.3 is 0 Å². The average molecular weight is 414 g/mol. The molecule has 0 saturated carbocycles. The smallest absolute Gasteiger partial charge is 0.263 e. The molecule has 2 N–H and O–H groups in total. The molecular formula is C20H20BrN3O2. The van der Waals surface area contributed by atoms with Gasteiger partial charge in [0.15, 0.2) is 0 Å². The molecule has 0 aromatic heterocycles. The molecule has 0 saturated heterocycles. The van der Waals surface area contributed by atoms with E-state index >= 15 is 0 Å². The van der Waals surface area contributed by atoms with Crippen molar-refractivity contribution in [3.8, 4) is 11.8 Å². The summed E-state index contributed by atoms with van der Waals surface area (Å²) in [5.74, 6) is 0.411. The summed E-state index contributed by atoms with van der Waals surface area (Å²) in [5, 5.41) is 14.9. The number of carbonyl (C=O) groups excluding carboxylic acids is 1. The summed E-state index contributed by atoms with van der Waals surface area (Å²) < 4.78 is 6.12. The molecule has 6 heteroatoms. The van der Waals surface area contributed by atoms with Crippen molar-refractivity contribution in [2.24, 2.45) is 0 Å². The molecule has 5 nitrogen and oxygen atoms in total. The molecule has 2 aromatic carbocycles. The van der Waals surface area contributed by atoms with Crippen LogP contribution >= 0.6 is 15.9 Å². The summed E-state index contributed by atoms with van der Waals surface area (Å²) in [6.45, 7) is 0.995. The van der Waals surface area contributed by atoms with Crippen molar-refractivity contribution in [2.75, 3.05) is 13.7 Å². The van der Waals surface area contributed by atoms with Gasteiger partial charge in [0.05, 0.1) is 7.11 Å². The summed E-state index contributed by atoms with van der Waals surface area (Å²) in [5.41, 5.74) is 2.19. The SMILES string of the molecule is COc1ccc(CCNC(=O)/C(C#N)=C\NCc2ccc(Br)cc2)cc1. The van der Waals surface area contributed by atoms with Crippen LogP contribution in [0.4, 0.5) is 0 Å². The van der Waals surface area contributed by atoms with E-state index < -0.39 is 0 Å². The fourth-order valence-electron chi connectivity index (χ4n) is 2.23. The normalized spacial score (nSPS) is 10.7. The third-order valence-corrected chi connectivity index (χ3v) is 4.22. The van der Waals surface area contributed by atoms with Gasteiger partial charge in [0.25, 0.3) is 5.91 Å². The Hall–Kier alpha value is -2.78. The summed E-state index contributed by atoms with van der Waals surface area (Å²) in [7, 11) is 1.62. The van der Waals surface area contributed by atoms with E-state index in [1.165, 1.54) is 6.20 Å². The maximum absolute atomic E-state index is 12.1. The molecule has 0 aliphatic rings. The fraction of sp³-hybridized carbons (Fsp3) is 0.200. The van der Waals surface area contributed by atoms with Gasteiger partial charge in [0.2, 0.25) is 0 Å². The Morgan fingerprint density at radius 3 is 2.42 bits per heavy atom. The van der Waals surface area contributed by atoms with Crippen LogP contribution in [0.1, 0.15) is 11.1 Å².